The van der Waals surface area contributed by atoms with Gasteiger partial charge in [-0.1, -0.05) is 0 Å². The molecule has 4 nitrogen and oxygen atoms in total. The van der Waals surface area contributed by atoms with E-state index in [1.54, 1.807) is 0 Å². The number of aromatic amines is 2. The van der Waals surface area contributed by atoms with E-state index in [2.05, 4.69) is 34.8 Å². The minimum atomic E-state index is -0.0491. The van der Waals surface area contributed by atoms with Crippen molar-refractivity contribution in [1.29, 1.82) is 0 Å². The third kappa shape index (κ3) is 2.63. The van der Waals surface area contributed by atoms with Crippen LogP contribution >= 0.6 is 23.6 Å². The van der Waals surface area contributed by atoms with E-state index < -0.39 is 0 Å². The lowest BCUT2D eigenvalue weighted by Crippen LogP contribution is -2.35. The molecule has 0 spiro atoms. The zero-order valence-electron chi connectivity index (χ0n) is 11.6. The Labute approximate surface area is 126 Å². The summed E-state index contributed by atoms with van der Waals surface area (Å²) in [4.78, 5) is 22.8. The first-order valence-corrected chi connectivity index (χ1v) is 7.88. The molecule has 6 heteroatoms. The molecule has 1 aliphatic rings. The Morgan fingerprint density at radius 1 is 1.40 bits per heavy atom. The van der Waals surface area contributed by atoms with Gasteiger partial charge in [0.1, 0.15) is 0 Å². The fraction of sp³-hybridized carbons (Fsp3) is 0.429. The summed E-state index contributed by atoms with van der Waals surface area (Å²) in [5.74, 6) is 0. The largest absolute Gasteiger partial charge is 0.335 e. The highest BCUT2D eigenvalue weighted by Crippen LogP contribution is 2.24. The maximum Gasteiger partial charge on any atom is 0.256 e. The molecule has 0 fully saturated rings. The average molecular weight is 307 g/mol. The fourth-order valence-electron chi connectivity index (χ4n) is 2.60. The van der Waals surface area contributed by atoms with Crippen molar-refractivity contribution in [2.75, 3.05) is 6.54 Å². The first-order valence-electron chi connectivity index (χ1n) is 6.65. The second kappa shape index (κ2) is 5.27. The van der Waals surface area contributed by atoms with E-state index in [1.807, 2.05) is 11.3 Å². The van der Waals surface area contributed by atoms with Crippen molar-refractivity contribution in [3.8, 4) is 0 Å². The van der Waals surface area contributed by atoms with Crippen LogP contribution in [0.25, 0.3) is 0 Å². The average Bonchev–Trinajstić information content (AvgIpc) is 2.69. The van der Waals surface area contributed by atoms with Crippen LogP contribution in [-0.4, -0.2) is 21.4 Å². The number of nitrogens with one attached hydrogen (secondary N) is 2. The van der Waals surface area contributed by atoms with Gasteiger partial charge in [0.15, 0.2) is 4.77 Å². The first kappa shape index (κ1) is 13.7. The van der Waals surface area contributed by atoms with Gasteiger partial charge in [-0.05, 0) is 37.7 Å². The smallest absolute Gasteiger partial charge is 0.256 e. The number of hydrogen-bond donors (Lipinski definition) is 2. The van der Waals surface area contributed by atoms with Crippen LogP contribution in [0.1, 0.15) is 26.6 Å². The van der Waals surface area contributed by atoms with Gasteiger partial charge in [0.2, 0.25) is 0 Å². The minimum Gasteiger partial charge on any atom is -0.335 e. The van der Waals surface area contributed by atoms with Gasteiger partial charge in [0.25, 0.3) is 5.56 Å². The number of hydrogen-bond acceptors (Lipinski definition) is 4. The van der Waals surface area contributed by atoms with E-state index in [-0.39, 0.29) is 5.56 Å². The molecule has 0 aromatic carbocycles. The first-order chi connectivity index (χ1) is 9.52. The number of rotatable bonds is 2. The highest BCUT2D eigenvalue weighted by Gasteiger charge is 2.20. The van der Waals surface area contributed by atoms with Crippen LogP contribution in [0.5, 0.6) is 0 Å². The molecule has 0 radical (unpaired) electrons. The van der Waals surface area contributed by atoms with E-state index in [4.69, 9.17) is 12.2 Å². The van der Waals surface area contributed by atoms with Crippen LogP contribution in [0.2, 0.25) is 0 Å². The Morgan fingerprint density at radius 2 is 2.20 bits per heavy atom. The van der Waals surface area contributed by atoms with E-state index >= 15 is 0 Å². The number of thiophene rings is 1. The van der Waals surface area contributed by atoms with Crippen LogP contribution in [0.3, 0.4) is 0 Å². The lowest BCUT2D eigenvalue weighted by atomic mass is 10.1. The molecule has 1 aliphatic heterocycles. The van der Waals surface area contributed by atoms with Gasteiger partial charge in [0, 0.05) is 41.5 Å². The molecule has 2 N–H and O–H groups in total. The Bertz CT molecular complexity index is 737. The summed E-state index contributed by atoms with van der Waals surface area (Å²) < 4.78 is 0.423. The topological polar surface area (TPSA) is 51.9 Å². The molecule has 106 valence electrons. The predicted octanol–water partition coefficient (Wildman–Crippen LogP) is 2.67. The Balaban J connectivity index is 1.82. The lowest BCUT2D eigenvalue weighted by molar-refractivity contribution is 0.243. The molecular formula is C14H17N3OS2. The predicted molar refractivity (Wildman–Crippen MR) is 83.9 cm³/mol. The molecule has 0 saturated carbocycles. The molecule has 0 saturated heterocycles. The van der Waals surface area contributed by atoms with E-state index in [9.17, 15) is 4.79 Å². The molecule has 2 aromatic heterocycles. The van der Waals surface area contributed by atoms with Gasteiger partial charge in [-0.2, -0.15) is 0 Å². The van der Waals surface area contributed by atoms with Crippen LogP contribution in [0, 0.1) is 18.6 Å². The van der Waals surface area contributed by atoms with Crippen molar-refractivity contribution in [1.82, 2.24) is 14.9 Å². The Morgan fingerprint density at radius 3 is 2.90 bits per heavy atom. The summed E-state index contributed by atoms with van der Waals surface area (Å²) in [5.41, 5.74) is 3.12. The third-order valence-corrected chi connectivity index (χ3v) is 5.13. The zero-order valence-corrected chi connectivity index (χ0v) is 13.2. The van der Waals surface area contributed by atoms with Gasteiger partial charge >= 0.3 is 0 Å². The molecule has 3 heterocycles. The maximum absolute atomic E-state index is 12.0. The summed E-state index contributed by atoms with van der Waals surface area (Å²) in [5, 5.41) is 0. The van der Waals surface area contributed by atoms with E-state index in [1.165, 1.54) is 15.3 Å². The monoisotopic (exact) mass is 307 g/mol. The van der Waals surface area contributed by atoms with Crippen LogP contribution in [0.4, 0.5) is 0 Å². The van der Waals surface area contributed by atoms with E-state index in [0.29, 0.717) is 11.3 Å². The second-order valence-electron chi connectivity index (χ2n) is 5.28. The molecule has 0 bridgehead atoms. The molecule has 0 aliphatic carbocycles. The van der Waals surface area contributed by atoms with Crippen molar-refractivity contribution in [3.05, 3.63) is 47.8 Å². The van der Waals surface area contributed by atoms with Crippen LogP contribution in [0.15, 0.2) is 10.9 Å². The summed E-state index contributed by atoms with van der Waals surface area (Å²) in [7, 11) is 0. The normalized spacial score (nSPS) is 15.3. The van der Waals surface area contributed by atoms with Crippen molar-refractivity contribution in [3.63, 3.8) is 0 Å². The van der Waals surface area contributed by atoms with Crippen molar-refractivity contribution < 1.29 is 0 Å². The van der Waals surface area contributed by atoms with Crippen molar-refractivity contribution >= 4 is 23.6 Å². The molecule has 2 aromatic rings. The van der Waals surface area contributed by atoms with E-state index in [0.717, 1.165) is 30.8 Å². The SMILES string of the molecule is Cc1cc(CN2CCc3[nH]c(=S)[nH]c(=O)c3C2)sc1C. The number of fused-ring (bicyclic) bond motifs is 1. The van der Waals surface area contributed by atoms with Crippen molar-refractivity contribution in [2.45, 2.75) is 33.4 Å². The van der Waals surface area contributed by atoms with Gasteiger partial charge in [-0.15, -0.1) is 11.3 Å². The zero-order chi connectivity index (χ0) is 14.3. The Kier molecular flexibility index (Phi) is 3.62. The van der Waals surface area contributed by atoms with Gasteiger partial charge in [-0.3, -0.25) is 14.7 Å². The number of H-pyrrole nitrogens is 2. The number of nitrogens with zero attached hydrogens (tertiary/aromatic N) is 1. The molecular weight excluding hydrogens is 290 g/mol. The standard InChI is InChI=1S/C14H17N3OS2/c1-8-5-10(20-9(8)2)6-17-4-3-12-11(7-17)13(18)16-14(19)15-12/h5H,3-4,6-7H2,1-2H3,(H2,15,16,18,19). The fourth-order valence-corrected chi connectivity index (χ4v) is 3.91. The van der Waals surface area contributed by atoms with Crippen molar-refractivity contribution in [2.24, 2.45) is 0 Å². The molecule has 0 unspecified atom stereocenters. The minimum absolute atomic E-state index is 0.0491. The third-order valence-electron chi connectivity index (χ3n) is 3.79. The second-order valence-corrected chi connectivity index (χ2v) is 7.03. The molecule has 3 rings (SSSR count). The summed E-state index contributed by atoms with van der Waals surface area (Å²) >= 11 is 6.86. The van der Waals surface area contributed by atoms with Gasteiger partial charge < -0.3 is 4.98 Å². The number of aryl methyl sites for hydroxylation is 2. The molecule has 20 heavy (non-hydrogen) atoms. The van der Waals surface area contributed by atoms with Gasteiger partial charge in [-0.25, -0.2) is 0 Å². The summed E-state index contributed by atoms with van der Waals surface area (Å²) in [6.07, 6.45) is 0.853. The van der Waals surface area contributed by atoms with Crippen LogP contribution < -0.4 is 5.56 Å². The van der Waals surface area contributed by atoms with Gasteiger partial charge in [0.05, 0.1) is 5.56 Å². The quantitative estimate of drug-likeness (QED) is 0.839. The molecule has 0 amide bonds. The highest BCUT2D eigenvalue weighted by atomic mass is 32.1. The molecule has 0 atom stereocenters. The summed E-state index contributed by atoms with van der Waals surface area (Å²) in [6, 6.07) is 2.25. The highest BCUT2D eigenvalue weighted by molar-refractivity contribution is 7.71. The van der Waals surface area contributed by atoms with Crippen LogP contribution in [-0.2, 0) is 19.5 Å². The lowest BCUT2D eigenvalue weighted by Gasteiger charge is -2.27. The Hall–Kier alpha value is -1.24. The number of aromatic nitrogens is 2. The summed E-state index contributed by atoms with van der Waals surface area (Å²) in [6.45, 7) is 6.85. The maximum atomic E-state index is 12.0.